The van der Waals surface area contributed by atoms with Crippen molar-refractivity contribution in [2.24, 2.45) is 0 Å². The van der Waals surface area contributed by atoms with Crippen molar-refractivity contribution in [2.45, 2.75) is 6.54 Å². The maximum absolute atomic E-state index is 12.4. The molecule has 4 N–H and O–H groups in total. The van der Waals surface area contributed by atoms with E-state index < -0.39 is 6.03 Å². The monoisotopic (exact) mass is 385 g/mol. The molecule has 0 saturated carbocycles. The molecular formula is C21H19N7O. The number of nitrogen functional groups attached to an aromatic ring is 1. The third-order valence-corrected chi connectivity index (χ3v) is 4.31. The smallest absolute Gasteiger partial charge is 0.324 e. The fourth-order valence-corrected chi connectivity index (χ4v) is 2.85. The molecule has 8 heteroatoms. The fourth-order valence-electron chi connectivity index (χ4n) is 2.85. The molecule has 29 heavy (non-hydrogen) atoms. The number of anilines is 3. The van der Waals surface area contributed by atoms with Crippen molar-refractivity contribution in [1.82, 2.24) is 20.0 Å². The number of carbonyl (C=O) groups excluding carboxylic acids is 1. The number of carbonyl (C=O) groups is 1. The molecule has 0 spiro atoms. The molecule has 4 aromatic rings. The SMILES string of the molecule is Nc1ccnn1Cc1ccccc1NC(=O)Nc1ccc(-c2ccccc2)nn1. The van der Waals surface area contributed by atoms with Crippen LogP contribution in [0.3, 0.4) is 0 Å². The highest BCUT2D eigenvalue weighted by atomic mass is 16.2. The fraction of sp³-hybridized carbons (Fsp3) is 0.0476. The quantitative estimate of drug-likeness (QED) is 0.486. The van der Waals surface area contributed by atoms with Gasteiger partial charge in [-0.25, -0.2) is 9.48 Å². The van der Waals surface area contributed by atoms with Gasteiger partial charge in [-0.1, -0.05) is 48.5 Å². The van der Waals surface area contributed by atoms with Gasteiger partial charge in [-0.2, -0.15) is 5.10 Å². The first-order valence-corrected chi connectivity index (χ1v) is 9.01. The number of para-hydroxylation sites is 1. The van der Waals surface area contributed by atoms with E-state index in [1.165, 1.54) is 0 Å². The van der Waals surface area contributed by atoms with E-state index in [2.05, 4.69) is 25.9 Å². The Morgan fingerprint density at radius 3 is 2.41 bits per heavy atom. The van der Waals surface area contributed by atoms with Crippen molar-refractivity contribution in [1.29, 1.82) is 0 Å². The van der Waals surface area contributed by atoms with Crippen LogP contribution in [0, 0.1) is 0 Å². The predicted molar refractivity (Wildman–Crippen MR) is 112 cm³/mol. The Hall–Kier alpha value is -4.20. The molecule has 2 aromatic carbocycles. The van der Waals surface area contributed by atoms with Crippen molar-refractivity contribution in [2.75, 3.05) is 16.4 Å². The minimum absolute atomic E-state index is 0.357. The Morgan fingerprint density at radius 2 is 1.69 bits per heavy atom. The van der Waals surface area contributed by atoms with Crippen molar-refractivity contribution in [3.05, 3.63) is 84.6 Å². The molecule has 4 rings (SSSR count). The average molecular weight is 385 g/mol. The van der Waals surface area contributed by atoms with Gasteiger partial charge < -0.3 is 11.1 Å². The Bertz CT molecular complexity index is 1110. The maximum atomic E-state index is 12.4. The van der Waals surface area contributed by atoms with Crippen LogP contribution >= 0.6 is 0 Å². The van der Waals surface area contributed by atoms with Crippen LogP contribution in [0.25, 0.3) is 11.3 Å². The number of nitrogens with one attached hydrogen (secondary N) is 2. The zero-order chi connectivity index (χ0) is 20.1. The lowest BCUT2D eigenvalue weighted by Gasteiger charge is -2.12. The van der Waals surface area contributed by atoms with E-state index in [9.17, 15) is 4.79 Å². The van der Waals surface area contributed by atoms with Gasteiger partial charge in [-0.15, -0.1) is 10.2 Å². The van der Waals surface area contributed by atoms with E-state index >= 15 is 0 Å². The Labute approximate surface area is 167 Å². The van der Waals surface area contributed by atoms with Crippen LogP contribution < -0.4 is 16.4 Å². The Kier molecular flexibility index (Phi) is 5.15. The van der Waals surface area contributed by atoms with E-state index in [4.69, 9.17) is 5.73 Å². The number of nitrogens with two attached hydrogens (primary N) is 1. The number of rotatable bonds is 5. The number of amides is 2. The normalized spacial score (nSPS) is 10.5. The van der Waals surface area contributed by atoms with Crippen LogP contribution in [0.4, 0.5) is 22.1 Å². The van der Waals surface area contributed by atoms with E-state index in [1.54, 1.807) is 23.0 Å². The standard InChI is InChI=1S/C21H19N7O/c22-19-12-13-23-28(19)14-16-8-4-5-9-17(16)24-21(29)25-20-11-10-18(26-27-20)15-6-2-1-3-7-15/h1-13H,14,22H2,(H2,24,25,27,29). The van der Waals surface area contributed by atoms with Crippen LogP contribution in [-0.2, 0) is 6.54 Å². The average Bonchev–Trinajstić information content (AvgIpc) is 3.15. The van der Waals surface area contributed by atoms with Crippen LogP contribution in [0.1, 0.15) is 5.56 Å². The second-order valence-corrected chi connectivity index (χ2v) is 6.32. The van der Waals surface area contributed by atoms with Crippen molar-refractivity contribution < 1.29 is 4.79 Å². The lowest BCUT2D eigenvalue weighted by atomic mass is 10.1. The highest BCUT2D eigenvalue weighted by Gasteiger charge is 2.10. The first-order chi connectivity index (χ1) is 14.2. The van der Waals surface area contributed by atoms with Gasteiger partial charge >= 0.3 is 6.03 Å². The Morgan fingerprint density at radius 1 is 0.897 bits per heavy atom. The molecule has 2 heterocycles. The van der Waals surface area contributed by atoms with Crippen molar-refractivity contribution in [3.63, 3.8) is 0 Å². The highest BCUT2D eigenvalue weighted by molar-refractivity contribution is 5.99. The van der Waals surface area contributed by atoms with Crippen LogP contribution in [0.15, 0.2) is 79.0 Å². The van der Waals surface area contributed by atoms with Gasteiger partial charge in [-0.3, -0.25) is 5.32 Å². The molecule has 0 saturated heterocycles. The molecular weight excluding hydrogens is 366 g/mol. The summed E-state index contributed by atoms with van der Waals surface area (Å²) < 4.78 is 1.66. The number of nitrogens with zero attached hydrogens (tertiary/aromatic N) is 4. The van der Waals surface area contributed by atoms with Crippen LogP contribution in [-0.4, -0.2) is 26.0 Å². The van der Waals surface area contributed by atoms with Crippen molar-refractivity contribution in [3.8, 4) is 11.3 Å². The molecule has 0 unspecified atom stereocenters. The number of benzene rings is 2. The number of urea groups is 1. The minimum atomic E-state index is -0.410. The zero-order valence-electron chi connectivity index (χ0n) is 15.5. The lowest BCUT2D eigenvalue weighted by molar-refractivity contribution is 0.262. The Balaban J connectivity index is 1.43. The molecule has 0 radical (unpaired) electrons. The van der Waals surface area contributed by atoms with Crippen LogP contribution in [0.5, 0.6) is 0 Å². The summed E-state index contributed by atoms with van der Waals surface area (Å²) in [6.45, 7) is 0.445. The van der Waals surface area contributed by atoms with Gasteiger partial charge in [-0.05, 0) is 29.8 Å². The topological polar surface area (TPSA) is 111 Å². The second kappa shape index (κ2) is 8.22. The first kappa shape index (κ1) is 18.2. The summed E-state index contributed by atoms with van der Waals surface area (Å²) in [5, 5.41) is 18.0. The van der Waals surface area contributed by atoms with Gasteiger partial charge in [0.2, 0.25) is 0 Å². The van der Waals surface area contributed by atoms with Crippen molar-refractivity contribution >= 4 is 23.4 Å². The van der Waals surface area contributed by atoms with E-state index in [0.717, 1.165) is 16.8 Å². The summed E-state index contributed by atoms with van der Waals surface area (Å²) in [5.74, 6) is 0.911. The number of hydrogen-bond donors (Lipinski definition) is 3. The summed E-state index contributed by atoms with van der Waals surface area (Å²) in [6.07, 6.45) is 1.63. The summed E-state index contributed by atoms with van der Waals surface area (Å²) in [4.78, 5) is 12.4. The molecule has 0 aliphatic heterocycles. The van der Waals surface area contributed by atoms with Gasteiger partial charge in [0.1, 0.15) is 5.82 Å². The van der Waals surface area contributed by atoms with E-state index in [0.29, 0.717) is 23.9 Å². The predicted octanol–water partition coefficient (Wildman–Crippen LogP) is 3.61. The summed E-state index contributed by atoms with van der Waals surface area (Å²) in [6, 6.07) is 22.0. The molecule has 144 valence electrons. The molecule has 0 fully saturated rings. The molecule has 8 nitrogen and oxygen atoms in total. The largest absolute Gasteiger partial charge is 0.384 e. The number of hydrogen-bond acceptors (Lipinski definition) is 5. The molecule has 0 atom stereocenters. The third kappa shape index (κ3) is 4.38. The van der Waals surface area contributed by atoms with Gasteiger partial charge in [0.05, 0.1) is 18.4 Å². The second-order valence-electron chi connectivity index (χ2n) is 6.32. The lowest BCUT2D eigenvalue weighted by Crippen LogP contribution is -2.21. The van der Waals surface area contributed by atoms with Crippen LogP contribution in [0.2, 0.25) is 0 Å². The van der Waals surface area contributed by atoms with E-state index in [-0.39, 0.29) is 0 Å². The minimum Gasteiger partial charge on any atom is -0.384 e. The molecule has 0 bridgehead atoms. The van der Waals surface area contributed by atoms with Gasteiger partial charge in [0, 0.05) is 11.3 Å². The summed E-state index contributed by atoms with van der Waals surface area (Å²) in [7, 11) is 0. The molecule has 2 aromatic heterocycles. The van der Waals surface area contributed by atoms with Gasteiger partial charge in [0.25, 0.3) is 0 Å². The maximum Gasteiger partial charge on any atom is 0.324 e. The van der Waals surface area contributed by atoms with E-state index in [1.807, 2.05) is 60.7 Å². The molecule has 2 amide bonds. The number of aromatic nitrogens is 4. The molecule has 0 aliphatic rings. The highest BCUT2D eigenvalue weighted by Crippen LogP contribution is 2.19. The third-order valence-electron chi connectivity index (χ3n) is 4.31. The molecule has 0 aliphatic carbocycles. The summed E-state index contributed by atoms with van der Waals surface area (Å²) >= 11 is 0. The zero-order valence-corrected chi connectivity index (χ0v) is 15.5. The summed E-state index contributed by atoms with van der Waals surface area (Å²) in [5.41, 5.74) is 9.12. The first-order valence-electron chi connectivity index (χ1n) is 9.01. The van der Waals surface area contributed by atoms with Gasteiger partial charge in [0.15, 0.2) is 5.82 Å².